The van der Waals surface area contributed by atoms with Gasteiger partial charge in [0.25, 0.3) is 0 Å². The number of hydrogen-bond acceptors (Lipinski definition) is 3. The molecular weight excluding hydrogens is 326 g/mol. The van der Waals surface area contributed by atoms with Crippen LogP contribution in [0.5, 0.6) is 5.75 Å². The molecule has 6 heteroatoms. The van der Waals surface area contributed by atoms with Crippen LogP contribution in [0.4, 0.5) is 16.2 Å². The Labute approximate surface area is 146 Å². The number of rotatable bonds is 3. The van der Waals surface area contributed by atoms with E-state index >= 15 is 0 Å². The second-order valence-electron chi connectivity index (χ2n) is 5.61. The molecule has 0 saturated carbocycles. The minimum Gasteiger partial charge on any atom is -0.497 e. The summed E-state index contributed by atoms with van der Waals surface area (Å²) in [5.41, 5.74) is 1.86. The Morgan fingerprint density at radius 1 is 1.08 bits per heavy atom. The fourth-order valence-corrected chi connectivity index (χ4v) is 2.90. The van der Waals surface area contributed by atoms with Crippen molar-refractivity contribution in [2.45, 2.75) is 0 Å². The highest BCUT2D eigenvalue weighted by molar-refractivity contribution is 6.30. The lowest BCUT2D eigenvalue weighted by molar-refractivity contribution is 0.208. The summed E-state index contributed by atoms with van der Waals surface area (Å²) >= 11 is 6.04. The normalized spacial score (nSPS) is 14.4. The van der Waals surface area contributed by atoms with Gasteiger partial charge in [-0.2, -0.15) is 0 Å². The number of piperazine rings is 1. The molecule has 1 saturated heterocycles. The molecule has 2 amide bonds. The van der Waals surface area contributed by atoms with E-state index < -0.39 is 0 Å². The van der Waals surface area contributed by atoms with Crippen LogP contribution in [0.15, 0.2) is 48.5 Å². The van der Waals surface area contributed by atoms with E-state index in [1.54, 1.807) is 7.11 Å². The Kier molecular flexibility index (Phi) is 5.11. The van der Waals surface area contributed by atoms with E-state index in [1.165, 1.54) is 0 Å². The smallest absolute Gasteiger partial charge is 0.321 e. The third-order valence-electron chi connectivity index (χ3n) is 4.08. The van der Waals surface area contributed by atoms with Gasteiger partial charge in [0.15, 0.2) is 0 Å². The molecule has 0 unspecified atom stereocenters. The summed E-state index contributed by atoms with van der Waals surface area (Å²) in [6, 6.07) is 15.0. The number of amides is 2. The van der Waals surface area contributed by atoms with E-state index in [-0.39, 0.29) is 6.03 Å². The van der Waals surface area contributed by atoms with Crippen molar-refractivity contribution in [3.05, 3.63) is 53.6 Å². The Morgan fingerprint density at radius 2 is 1.79 bits per heavy atom. The minimum absolute atomic E-state index is 0.0779. The van der Waals surface area contributed by atoms with Crippen LogP contribution in [0.25, 0.3) is 0 Å². The van der Waals surface area contributed by atoms with Crippen molar-refractivity contribution in [2.75, 3.05) is 43.5 Å². The van der Waals surface area contributed by atoms with Crippen LogP contribution in [-0.2, 0) is 0 Å². The van der Waals surface area contributed by atoms with Crippen LogP contribution in [0.1, 0.15) is 0 Å². The van der Waals surface area contributed by atoms with Gasteiger partial charge < -0.3 is 19.9 Å². The minimum atomic E-state index is -0.0779. The van der Waals surface area contributed by atoms with Gasteiger partial charge in [0, 0.05) is 42.6 Å². The predicted octanol–water partition coefficient (Wildman–Crippen LogP) is 3.70. The molecule has 1 heterocycles. The SMILES string of the molecule is COc1ccc(NC(=O)N2CCN(c3cccc(Cl)c3)CC2)cc1. The number of nitrogens with one attached hydrogen (secondary N) is 1. The molecule has 1 aliphatic heterocycles. The van der Waals surface area contributed by atoms with E-state index in [0.717, 1.165) is 35.2 Å². The van der Waals surface area contributed by atoms with Crippen molar-refractivity contribution in [3.8, 4) is 5.75 Å². The number of methoxy groups -OCH3 is 1. The number of anilines is 2. The number of hydrogen-bond donors (Lipinski definition) is 1. The van der Waals surface area contributed by atoms with Gasteiger partial charge in [-0.1, -0.05) is 17.7 Å². The van der Waals surface area contributed by atoms with Crippen LogP contribution in [-0.4, -0.2) is 44.2 Å². The third kappa shape index (κ3) is 3.92. The molecule has 24 heavy (non-hydrogen) atoms. The van der Waals surface area contributed by atoms with Crippen molar-refractivity contribution in [1.82, 2.24) is 4.90 Å². The number of carbonyl (C=O) groups excluding carboxylic acids is 1. The molecule has 3 rings (SSSR count). The maximum Gasteiger partial charge on any atom is 0.321 e. The second kappa shape index (κ2) is 7.45. The Bertz CT molecular complexity index is 698. The molecule has 2 aromatic rings. The zero-order chi connectivity index (χ0) is 16.9. The molecule has 126 valence electrons. The van der Waals surface area contributed by atoms with Gasteiger partial charge >= 0.3 is 6.03 Å². The highest BCUT2D eigenvalue weighted by atomic mass is 35.5. The molecule has 1 N–H and O–H groups in total. The molecule has 0 atom stereocenters. The van der Waals surface area contributed by atoms with Crippen LogP contribution in [0.2, 0.25) is 5.02 Å². The highest BCUT2D eigenvalue weighted by Gasteiger charge is 2.21. The standard InChI is InChI=1S/C18H20ClN3O2/c1-24-17-7-5-15(6-8-17)20-18(23)22-11-9-21(10-12-22)16-4-2-3-14(19)13-16/h2-8,13H,9-12H2,1H3,(H,20,23). The molecule has 0 spiro atoms. The maximum atomic E-state index is 12.4. The predicted molar refractivity (Wildman–Crippen MR) is 97.3 cm³/mol. The van der Waals surface area contributed by atoms with Crippen LogP contribution >= 0.6 is 11.6 Å². The van der Waals surface area contributed by atoms with E-state index in [0.29, 0.717) is 13.1 Å². The van der Waals surface area contributed by atoms with Gasteiger partial charge in [-0.05, 0) is 42.5 Å². The van der Waals surface area contributed by atoms with Crippen molar-refractivity contribution in [2.24, 2.45) is 0 Å². The lowest BCUT2D eigenvalue weighted by Crippen LogP contribution is -2.50. The highest BCUT2D eigenvalue weighted by Crippen LogP contribution is 2.21. The fraction of sp³-hybridized carbons (Fsp3) is 0.278. The zero-order valence-electron chi connectivity index (χ0n) is 13.5. The fourth-order valence-electron chi connectivity index (χ4n) is 2.72. The summed E-state index contributed by atoms with van der Waals surface area (Å²) in [6.45, 7) is 2.93. The molecule has 1 aliphatic rings. The maximum absolute atomic E-state index is 12.4. The summed E-state index contributed by atoms with van der Waals surface area (Å²) in [5.74, 6) is 0.767. The molecule has 5 nitrogen and oxygen atoms in total. The monoisotopic (exact) mass is 345 g/mol. The Hall–Kier alpha value is -2.40. The largest absolute Gasteiger partial charge is 0.497 e. The topological polar surface area (TPSA) is 44.8 Å². The number of nitrogens with zero attached hydrogens (tertiary/aromatic N) is 2. The summed E-state index contributed by atoms with van der Waals surface area (Å²) < 4.78 is 5.11. The lowest BCUT2D eigenvalue weighted by Gasteiger charge is -2.36. The molecule has 2 aromatic carbocycles. The van der Waals surface area contributed by atoms with E-state index in [2.05, 4.69) is 10.2 Å². The van der Waals surface area contributed by atoms with E-state index in [1.807, 2.05) is 53.4 Å². The van der Waals surface area contributed by atoms with Crippen molar-refractivity contribution in [1.29, 1.82) is 0 Å². The molecule has 1 fully saturated rings. The number of ether oxygens (including phenoxy) is 1. The first-order chi connectivity index (χ1) is 11.7. The Morgan fingerprint density at radius 3 is 2.42 bits per heavy atom. The quantitative estimate of drug-likeness (QED) is 0.922. The van der Waals surface area contributed by atoms with Crippen molar-refractivity contribution in [3.63, 3.8) is 0 Å². The van der Waals surface area contributed by atoms with Gasteiger partial charge in [-0.15, -0.1) is 0 Å². The first kappa shape index (κ1) is 16.5. The van der Waals surface area contributed by atoms with Crippen LogP contribution in [0.3, 0.4) is 0 Å². The molecule has 0 bridgehead atoms. The average Bonchev–Trinajstić information content (AvgIpc) is 2.62. The summed E-state index contributed by atoms with van der Waals surface area (Å²) in [7, 11) is 1.62. The summed E-state index contributed by atoms with van der Waals surface area (Å²) in [4.78, 5) is 16.4. The number of carbonyl (C=O) groups is 1. The second-order valence-corrected chi connectivity index (χ2v) is 6.05. The van der Waals surface area contributed by atoms with Gasteiger partial charge in [-0.3, -0.25) is 0 Å². The number of urea groups is 1. The van der Waals surface area contributed by atoms with Crippen LogP contribution < -0.4 is 15.0 Å². The number of benzene rings is 2. The van der Waals surface area contributed by atoms with Gasteiger partial charge in [0.1, 0.15) is 5.75 Å². The first-order valence-electron chi connectivity index (χ1n) is 7.86. The number of halogens is 1. The first-order valence-corrected chi connectivity index (χ1v) is 8.24. The molecule has 0 aliphatic carbocycles. The van der Waals surface area contributed by atoms with Gasteiger partial charge in [0.2, 0.25) is 0 Å². The van der Waals surface area contributed by atoms with Crippen molar-refractivity contribution >= 4 is 29.0 Å². The van der Waals surface area contributed by atoms with Crippen molar-refractivity contribution < 1.29 is 9.53 Å². The average molecular weight is 346 g/mol. The van der Waals surface area contributed by atoms with Gasteiger partial charge in [0.05, 0.1) is 7.11 Å². The van der Waals surface area contributed by atoms with Crippen LogP contribution in [0, 0.1) is 0 Å². The van der Waals surface area contributed by atoms with E-state index in [9.17, 15) is 4.79 Å². The Balaban J connectivity index is 1.54. The molecule has 0 aromatic heterocycles. The summed E-state index contributed by atoms with van der Waals surface area (Å²) in [6.07, 6.45) is 0. The third-order valence-corrected chi connectivity index (χ3v) is 4.32. The molecular formula is C18H20ClN3O2. The lowest BCUT2D eigenvalue weighted by atomic mass is 10.2. The summed E-state index contributed by atoms with van der Waals surface area (Å²) in [5, 5.41) is 3.65. The van der Waals surface area contributed by atoms with E-state index in [4.69, 9.17) is 16.3 Å². The molecule has 0 radical (unpaired) electrons. The van der Waals surface area contributed by atoms with Gasteiger partial charge in [-0.25, -0.2) is 4.79 Å². The zero-order valence-corrected chi connectivity index (χ0v) is 14.3.